The molecule has 0 aliphatic carbocycles. The van der Waals surface area contributed by atoms with Gasteiger partial charge in [-0.3, -0.25) is 4.55 Å². The fraction of sp³-hybridized carbons (Fsp3) is 0.333. The molecule has 0 saturated carbocycles. The van der Waals surface area contributed by atoms with Crippen molar-refractivity contribution in [1.29, 1.82) is 0 Å². The lowest BCUT2D eigenvalue weighted by molar-refractivity contribution is 0.467. The molecule has 4 nitrogen and oxygen atoms in total. The molecule has 1 aromatic rings. The molecule has 14 heavy (non-hydrogen) atoms. The highest BCUT2D eigenvalue weighted by atomic mass is 32.2. The van der Waals surface area contributed by atoms with E-state index < -0.39 is 15.5 Å². The number of rotatable bonds is 3. The van der Waals surface area contributed by atoms with Crippen molar-refractivity contribution >= 4 is 10.1 Å². The highest BCUT2D eigenvalue weighted by Crippen LogP contribution is 2.07. The van der Waals surface area contributed by atoms with Crippen molar-refractivity contribution in [2.75, 3.05) is 0 Å². The predicted molar refractivity (Wildman–Crippen MR) is 54.4 cm³/mol. The van der Waals surface area contributed by atoms with Gasteiger partial charge < -0.3 is 5.73 Å². The third-order valence-electron chi connectivity index (χ3n) is 1.94. The Bertz CT molecular complexity index is 397. The maximum Gasteiger partial charge on any atom is 0.281 e. The molecule has 1 rings (SSSR count). The monoisotopic (exact) mass is 215 g/mol. The summed E-state index contributed by atoms with van der Waals surface area (Å²) in [6.07, 6.45) is 0.124. The van der Waals surface area contributed by atoms with Crippen LogP contribution in [0.5, 0.6) is 0 Å². The van der Waals surface area contributed by atoms with Crippen molar-refractivity contribution in [3.63, 3.8) is 0 Å². The van der Waals surface area contributed by atoms with Crippen molar-refractivity contribution in [3.8, 4) is 0 Å². The molecule has 0 amide bonds. The fourth-order valence-electron chi connectivity index (χ4n) is 1.06. The molecule has 1 atom stereocenters. The van der Waals surface area contributed by atoms with Gasteiger partial charge in [0.25, 0.3) is 10.1 Å². The van der Waals surface area contributed by atoms with Gasteiger partial charge >= 0.3 is 0 Å². The summed E-state index contributed by atoms with van der Waals surface area (Å²) in [5.74, 6) is 0. The van der Waals surface area contributed by atoms with Gasteiger partial charge in [0.15, 0.2) is 0 Å². The van der Waals surface area contributed by atoms with Crippen LogP contribution in [0.15, 0.2) is 24.3 Å². The van der Waals surface area contributed by atoms with Crippen LogP contribution in [0.1, 0.15) is 11.1 Å². The van der Waals surface area contributed by atoms with Crippen LogP contribution in [-0.2, 0) is 16.5 Å². The van der Waals surface area contributed by atoms with Crippen LogP contribution in [-0.4, -0.2) is 18.3 Å². The lowest BCUT2D eigenvalue weighted by Gasteiger charge is -2.07. The van der Waals surface area contributed by atoms with Crippen LogP contribution < -0.4 is 5.73 Å². The van der Waals surface area contributed by atoms with E-state index in [1.54, 1.807) is 12.1 Å². The summed E-state index contributed by atoms with van der Waals surface area (Å²) in [5, 5.41) is -1.25. The van der Waals surface area contributed by atoms with E-state index in [-0.39, 0.29) is 6.42 Å². The number of aryl methyl sites for hydroxylation is 1. The van der Waals surface area contributed by atoms with Crippen LogP contribution in [0.2, 0.25) is 0 Å². The van der Waals surface area contributed by atoms with E-state index in [2.05, 4.69) is 0 Å². The van der Waals surface area contributed by atoms with Crippen molar-refractivity contribution in [2.24, 2.45) is 5.73 Å². The summed E-state index contributed by atoms with van der Waals surface area (Å²) < 4.78 is 29.9. The average molecular weight is 215 g/mol. The molecular formula is C9H13NO3S. The van der Waals surface area contributed by atoms with Crippen molar-refractivity contribution in [3.05, 3.63) is 35.4 Å². The molecule has 78 valence electrons. The Morgan fingerprint density at radius 1 is 1.36 bits per heavy atom. The zero-order chi connectivity index (χ0) is 10.8. The molecule has 0 heterocycles. The first-order valence-corrected chi connectivity index (χ1v) is 5.67. The first kappa shape index (κ1) is 11.2. The highest BCUT2D eigenvalue weighted by molar-refractivity contribution is 7.86. The van der Waals surface area contributed by atoms with Crippen LogP contribution in [0.3, 0.4) is 0 Å². The van der Waals surface area contributed by atoms with Crippen LogP contribution in [0.4, 0.5) is 0 Å². The van der Waals surface area contributed by atoms with Gasteiger partial charge in [-0.1, -0.05) is 29.8 Å². The standard InChI is InChI=1S/C9H13NO3S/c1-7-2-4-8(5-3-7)6-9(10)14(11,12)13/h2-5,9H,6,10H2,1H3,(H,11,12,13). The quantitative estimate of drug-likeness (QED) is 0.728. The molecule has 1 unspecified atom stereocenters. The second-order valence-electron chi connectivity index (χ2n) is 3.24. The smallest absolute Gasteiger partial charge is 0.281 e. The third-order valence-corrected chi connectivity index (χ3v) is 2.87. The Labute approximate surface area is 83.5 Å². The molecule has 0 aliphatic rings. The maximum absolute atomic E-state index is 10.6. The van der Waals surface area contributed by atoms with Gasteiger partial charge in [0, 0.05) is 6.42 Å². The summed E-state index contributed by atoms with van der Waals surface area (Å²) in [4.78, 5) is 0. The lowest BCUT2D eigenvalue weighted by atomic mass is 10.1. The van der Waals surface area contributed by atoms with E-state index in [1.165, 1.54) is 0 Å². The van der Waals surface area contributed by atoms with Crippen molar-refractivity contribution in [2.45, 2.75) is 18.7 Å². The zero-order valence-electron chi connectivity index (χ0n) is 7.84. The van der Waals surface area contributed by atoms with Crippen LogP contribution in [0, 0.1) is 6.92 Å². The Morgan fingerprint density at radius 2 is 1.86 bits per heavy atom. The van der Waals surface area contributed by atoms with Gasteiger partial charge in [0.1, 0.15) is 5.37 Å². The van der Waals surface area contributed by atoms with Gasteiger partial charge in [-0.15, -0.1) is 0 Å². The summed E-state index contributed by atoms with van der Waals surface area (Å²) in [6, 6.07) is 7.32. The van der Waals surface area contributed by atoms with E-state index in [1.807, 2.05) is 19.1 Å². The zero-order valence-corrected chi connectivity index (χ0v) is 8.66. The molecule has 0 aliphatic heterocycles. The molecule has 3 N–H and O–H groups in total. The molecule has 0 aromatic heterocycles. The molecule has 0 saturated heterocycles. The van der Waals surface area contributed by atoms with E-state index in [0.717, 1.165) is 11.1 Å². The molecule has 0 bridgehead atoms. The first-order valence-electron chi connectivity index (χ1n) is 4.17. The average Bonchev–Trinajstić information content (AvgIpc) is 2.07. The number of hydrogen-bond donors (Lipinski definition) is 2. The SMILES string of the molecule is Cc1ccc(CC(N)S(=O)(=O)O)cc1. The number of nitrogens with two attached hydrogens (primary N) is 1. The van der Waals surface area contributed by atoms with E-state index in [0.29, 0.717) is 0 Å². The highest BCUT2D eigenvalue weighted by Gasteiger charge is 2.17. The minimum absolute atomic E-state index is 0.124. The fourth-order valence-corrected chi connectivity index (χ4v) is 1.46. The molecular weight excluding hydrogens is 202 g/mol. The third kappa shape index (κ3) is 3.10. The van der Waals surface area contributed by atoms with Gasteiger partial charge in [-0.25, -0.2) is 0 Å². The lowest BCUT2D eigenvalue weighted by Crippen LogP contribution is -2.32. The van der Waals surface area contributed by atoms with E-state index in [9.17, 15) is 8.42 Å². The summed E-state index contributed by atoms with van der Waals surface area (Å²) >= 11 is 0. The predicted octanol–water partition coefficient (Wildman–Crippen LogP) is 0.710. The van der Waals surface area contributed by atoms with Gasteiger partial charge in [-0.2, -0.15) is 8.42 Å². The second kappa shape index (κ2) is 4.08. The molecule has 1 aromatic carbocycles. The summed E-state index contributed by atoms with van der Waals surface area (Å²) in [7, 11) is -4.13. The van der Waals surface area contributed by atoms with E-state index >= 15 is 0 Å². The molecule has 0 fully saturated rings. The largest absolute Gasteiger partial charge is 0.313 e. The maximum atomic E-state index is 10.6. The van der Waals surface area contributed by atoms with Gasteiger partial charge in [0.05, 0.1) is 0 Å². The normalized spacial score (nSPS) is 13.9. The minimum atomic E-state index is -4.13. The summed E-state index contributed by atoms with van der Waals surface area (Å²) in [5.41, 5.74) is 7.17. The molecule has 5 heteroatoms. The summed E-state index contributed by atoms with van der Waals surface area (Å²) in [6.45, 7) is 1.94. The Morgan fingerprint density at radius 3 is 2.29 bits per heavy atom. The Kier molecular flexibility index (Phi) is 3.25. The van der Waals surface area contributed by atoms with E-state index in [4.69, 9.17) is 10.3 Å². The molecule has 0 spiro atoms. The second-order valence-corrected chi connectivity index (χ2v) is 4.88. The first-order chi connectivity index (χ1) is 6.39. The molecule has 0 radical (unpaired) electrons. The van der Waals surface area contributed by atoms with Crippen molar-refractivity contribution in [1.82, 2.24) is 0 Å². The Hall–Kier alpha value is -0.910. The van der Waals surface area contributed by atoms with Crippen LogP contribution in [0.25, 0.3) is 0 Å². The van der Waals surface area contributed by atoms with Crippen molar-refractivity contribution < 1.29 is 13.0 Å². The number of benzene rings is 1. The minimum Gasteiger partial charge on any atom is -0.313 e. The Balaban J connectivity index is 2.75. The topological polar surface area (TPSA) is 80.4 Å². The van der Waals surface area contributed by atoms with Crippen LogP contribution >= 0.6 is 0 Å². The number of hydrogen-bond acceptors (Lipinski definition) is 3. The van der Waals surface area contributed by atoms with Gasteiger partial charge in [0.2, 0.25) is 0 Å². The van der Waals surface area contributed by atoms with Gasteiger partial charge in [-0.05, 0) is 12.5 Å².